The smallest absolute Gasteiger partial charge is 0.323 e. The standard InChI is InChI=1S/C4H9N2O2P/c1-4(2)6-9(7,8)3-5/h4H,1-2H3,(H2,6,7,8). The van der Waals surface area contributed by atoms with Crippen LogP contribution in [0, 0.1) is 11.1 Å². The molecule has 0 spiro atoms. The van der Waals surface area contributed by atoms with E-state index in [4.69, 9.17) is 10.2 Å². The molecule has 5 heteroatoms. The molecule has 9 heavy (non-hydrogen) atoms. The summed E-state index contributed by atoms with van der Waals surface area (Å²) in [5.74, 6) is 1.27. The molecule has 0 rings (SSSR count). The molecule has 0 aromatic rings. The van der Waals surface area contributed by atoms with Crippen LogP contribution >= 0.6 is 7.52 Å². The fourth-order valence-corrected chi connectivity index (χ4v) is 1.14. The van der Waals surface area contributed by atoms with Crippen LogP contribution in [0.4, 0.5) is 0 Å². The van der Waals surface area contributed by atoms with Crippen LogP contribution in [0.2, 0.25) is 0 Å². The number of nitriles is 1. The Hall–Kier alpha value is -0.360. The Kier molecular flexibility index (Phi) is 2.86. The molecule has 0 aliphatic carbocycles. The third-order valence-electron chi connectivity index (χ3n) is 0.569. The maximum atomic E-state index is 10.5. The van der Waals surface area contributed by atoms with Crippen LogP contribution in [0.25, 0.3) is 0 Å². The van der Waals surface area contributed by atoms with Crippen molar-refractivity contribution < 1.29 is 9.46 Å². The first kappa shape index (κ1) is 8.64. The summed E-state index contributed by atoms with van der Waals surface area (Å²) in [6.07, 6.45) is 0. The molecule has 0 bridgehead atoms. The second-order valence-corrected chi connectivity index (χ2v) is 3.57. The van der Waals surface area contributed by atoms with Gasteiger partial charge in [-0.1, -0.05) is 0 Å². The van der Waals surface area contributed by atoms with E-state index in [0.29, 0.717) is 0 Å². The Labute approximate surface area is 54.0 Å². The minimum Gasteiger partial charge on any atom is -0.323 e. The molecule has 0 aliphatic heterocycles. The second-order valence-electron chi connectivity index (χ2n) is 1.96. The van der Waals surface area contributed by atoms with E-state index in [2.05, 4.69) is 5.09 Å². The van der Waals surface area contributed by atoms with Gasteiger partial charge >= 0.3 is 7.52 Å². The van der Waals surface area contributed by atoms with Gasteiger partial charge in [0, 0.05) is 6.04 Å². The molecule has 0 heterocycles. The molecular formula is C4H9N2O2P. The summed E-state index contributed by atoms with van der Waals surface area (Å²) in [6.45, 7) is 3.39. The predicted octanol–water partition coefficient (Wildman–Crippen LogP) is 0.651. The fraction of sp³-hybridized carbons (Fsp3) is 0.750. The van der Waals surface area contributed by atoms with Crippen LogP contribution in [0.3, 0.4) is 0 Å². The number of hydrogen-bond donors (Lipinski definition) is 2. The van der Waals surface area contributed by atoms with Crippen LogP contribution in [-0.2, 0) is 4.57 Å². The van der Waals surface area contributed by atoms with Crippen LogP contribution in [0.15, 0.2) is 0 Å². The van der Waals surface area contributed by atoms with Crippen molar-refractivity contribution in [1.29, 1.82) is 5.26 Å². The summed E-state index contributed by atoms with van der Waals surface area (Å²) < 4.78 is 10.5. The van der Waals surface area contributed by atoms with Crippen molar-refractivity contribution in [3.8, 4) is 5.81 Å². The van der Waals surface area contributed by atoms with E-state index in [1.165, 1.54) is 5.81 Å². The normalized spacial score (nSPS) is 16.8. The first-order chi connectivity index (χ1) is 3.98. The average Bonchev–Trinajstić information content (AvgIpc) is 1.63. The van der Waals surface area contributed by atoms with E-state index >= 15 is 0 Å². The molecule has 4 nitrogen and oxygen atoms in total. The van der Waals surface area contributed by atoms with E-state index in [-0.39, 0.29) is 6.04 Å². The molecule has 0 fully saturated rings. The van der Waals surface area contributed by atoms with Gasteiger partial charge in [-0.15, -0.1) is 0 Å². The third-order valence-corrected chi connectivity index (χ3v) is 1.71. The molecule has 0 aromatic carbocycles. The van der Waals surface area contributed by atoms with Gasteiger partial charge in [0.2, 0.25) is 0 Å². The lowest BCUT2D eigenvalue weighted by molar-refractivity contribution is 0.468. The second kappa shape index (κ2) is 2.98. The van der Waals surface area contributed by atoms with Crippen molar-refractivity contribution in [2.75, 3.05) is 0 Å². The fourth-order valence-electron chi connectivity index (χ4n) is 0.379. The zero-order chi connectivity index (χ0) is 7.49. The van der Waals surface area contributed by atoms with Gasteiger partial charge in [0.25, 0.3) is 0 Å². The minimum absolute atomic E-state index is 0.138. The van der Waals surface area contributed by atoms with Crippen LogP contribution in [-0.4, -0.2) is 10.9 Å². The first-order valence-corrected chi connectivity index (χ1v) is 4.16. The van der Waals surface area contributed by atoms with Crippen LogP contribution in [0.5, 0.6) is 0 Å². The van der Waals surface area contributed by atoms with Gasteiger partial charge in [0.05, 0.1) is 0 Å². The third kappa shape index (κ3) is 4.16. The topological polar surface area (TPSA) is 73.1 Å². The Morgan fingerprint density at radius 3 is 2.33 bits per heavy atom. The summed E-state index contributed by atoms with van der Waals surface area (Å²) in [4.78, 5) is 8.58. The van der Waals surface area contributed by atoms with Crippen LogP contribution in [0.1, 0.15) is 13.8 Å². The average molecular weight is 148 g/mol. The summed E-state index contributed by atoms with van der Waals surface area (Å²) in [6, 6.07) is -0.138. The van der Waals surface area contributed by atoms with Gasteiger partial charge in [-0.3, -0.25) is 4.57 Å². The number of nitrogens with zero attached hydrogens (tertiary/aromatic N) is 1. The van der Waals surface area contributed by atoms with E-state index in [0.717, 1.165) is 0 Å². The maximum absolute atomic E-state index is 10.5. The molecule has 0 saturated carbocycles. The molecule has 52 valence electrons. The van der Waals surface area contributed by atoms with E-state index in [9.17, 15) is 4.57 Å². The predicted molar refractivity (Wildman–Crippen MR) is 33.7 cm³/mol. The number of rotatable bonds is 2. The van der Waals surface area contributed by atoms with Crippen LogP contribution < -0.4 is 5.09 Å². The molecule has 0 aliphatic rings. The molecule has 0 saturated heterocycles. The zero-order valence-corrected chi connectivity index (χ0v) is 6.22. The Balaban J connectivity index is 3.93. The molecule has 1 unspecified atom stereocenters. The van der Waals surface area contributed by atoms with Crippen molar-refractivity contribution in [2.45, 2.75) is 19.9 Å². The van der Waals surface area contributed by atoms with Gasteiger partial charge in [-0.05, 0) is 13.8 Å². The summed E-state index contributed by atoms with van der Waals surface area (Å²) in [7, 11) is -3.67. The van der Waals surface area contributed by atoms with Gasteiger partial charge in [-0.2, -0.15) is 5.26 Å². The van der Waals surface area contributed by atoms with Crippen molar-refractivity contribution in [2.24, 2.45) is 0 Å². The molecule has 2 N–H and O–H groups in total. The van der Waals surface area contributed by atoms with Crippen molar-refractivity contribution in [1.82, 2.24) is 5.09 Å². The lowest BCUT2D eigenvalue weighted by atomic mass is 10.4. The van der Waals surface area contributed by atoms with E-state index in [1.54, 1.807) is 13.8 Å². The summed E-state index contributed by atoms with van der Waals surface area (Å²) >= 11 is 0. The molecule has 1 atom stereocenters. The maximum Gasteiger partial charge on any atom is 0.366 e. The lowest BCUT2D eigenvalue weighted by Crippen LogP contribution is -2.17. The van der Waals surface area contributed by atoms with Crippen molar-refractivity contribution >= 4 is 7.52 Å². The molecular weight excluding hydrogens is 139 g/mol. The summed E-state index contributed by atoms with van der Waals surface area (Å²) in [5.41, 5.74) is 0. The van der Waals surface area contributed by atoms with Gasteiger partial charge in [0.1, 0.15) is 0 Å². The molecule has 0 amide bonds. The highest BCUT2D eigenvalue weighted by Gasteiger charge is 2.16. The van der Waals surface area contributed by atoms with Gasteiger partial charge in [0.15, 0.2) is 5.81 Å². The first-order valence-electron chi connectivity index (χ1n) is 2.50. The minimum atomic E-state index is -3.67. The highest BCUT2D eigenvalue weighted by molar-refractivity contribution is 7.61. The monoisotopic (exact) mass is 148 g/mol. The quantitative estimate of drug-likeness (QED) is 0.564. The number of hydrogen-bond acceptors (Lipinski definition) is 2. The van der Waals surface area contributed by atoms with Gasteiger partial charge in [-0.25, -0.2) is 5.09 Å². The highest BCUT2D eigenvalue weighted by atomic mass is 31.2. The largest absolute Gasteiger partial charge is 0.366 e. The zero-order valence-electron chi connectivity index (χ0n) is 5.33. The molecule has 0 radical (unpaired) electrons. The molecule has 0 aromatic heterocycles. The SMILES string of the molecule is CC(C)NP(=O)(O)C#N. The Morgan fingerprint density at radius 2 is 2.22 bits per heavy atom. The number of nitrogens with one attached hydrogen (secondary N) is 1. The lowest BCUT2D eigenvalue weighted by Gasteiger charge is -2.06. The van der Waals surface area contributed by atoms with E-state index in [1.807, 2.05) is 0 Å². The van der Waals surface area contributed by atoms with Crippen molar-refractivity contribution in [3.05, 3.63) is 0 Å². The summed E-state index contributed by atoms with van der Waals surface area (Å²) in [5, 5.41) is 10.2. The Bertz CT molecular complexity index is 172. The van der Waals surface area contributed by atoms with Gasteiger partial charge < -0.3 is 4.89 Å². The van der Waals surface area contributed by atoms with Crippen molar-refractivity contribution in [3.63, 3.8) is 0 Å². The van der Waals surface area contributed by atoms with E-state index < -0.39 is 7.52 Å². The highest BCUT2D eigenvalue weighted by Crippen LogP contribution is 2.33. The Morgan fingerprint density at radius 1 is 1.78 bits per heavy atom.